The molecule has 0 bridgehead atoms. The van der Waals surface area contributed by atoms with E-state index in [-0.39, 0.29) is 11.1 Å². The zero-order chi connectivity index (χ0) is 17.7. The highest BCUT2D eigenvalue weighted by molar-refractivity contribution is 6.34. The lowest BCUT2D eigenvalue weighted by Gasteiger charge is -2.04. The lowest BCUT2D eigenvalue weighted by molar-refractivity contribution is -0.160. The van der Waals surface area contributed by atoms with Gasteiger partial charge in [0.2, 0.25) is 0 Å². The largest absolute Gasteiger partial charge is 0.425 e. The number of benzene rings is 2. The molecule has 0 heterocycles. The number of aryl methyl sites for hydroxylation is 2. The fourth-order valence-corrected chi connectivity index (χ4v) is 1.75. The fraction of sp³-hybridized carbons (Fsp3) is 0.111. The van der Waals surface area contributed by atoms with Gasteiger partial charge in [-0.2, -0.15) is 0 Å². The SMILES string of the molecule is Cc1ccc(C(=O)OC(=O)C(=O)OC(=O)c2ccc(C)cc2)cc1. The van der Waals surface area contributed by atoms with Crippen LogP contribution in [0.1, 0.15) is 31.8 Å². The number of carbonyl (C=O) groups excluding carboxylic acids is 4. The molecule has 0 N–H and O–H groups in total. The van der Waals surface area contributed by atoms with E-state index in [1.165, 1.54) is 24.3 Å². The molecule has 0 amide bonds. The predicted molar refractivity (Wildman–Crippen MR) is 83.2 cm³/mol. The molecule has 0 fully saturated rings. The van der Waals surface area contributed by atoms with E-state index in [9.17, 15) is 19.2 Å². The molecule has 2 rings (SSSR count). The number of hydrogen-bond donors (Lipinski definition) is 0. The molecule has 24 heavy (non-hydrogen) atoms. The van der Waals surface area contributed by atoms with Gasteiger partial charge < -0.3 is 9.47 Å². The first-order valence-electron chi connectivity index (χ1n) is 7.03. The summed E-state index contributed by atoms with van der Waals surface area (Å²) in [5, 5.41) is 0. The minimum Gasteiger partial charge on any atom is -0.381 e. The standard InChI is InChI=1S/C18H14O6/c1-11-3-7-13(8-4-11)15(19)23-17(21)18(22)24-16(20)14-9-5-12(2)6-10-14/h3-10H,1-2H3. The first-order chi connectivity index (χ1) is 11.4. The Bertz CT molecular complexity index is 718. The van der Waals surface area contributed by atoms with Crippen molar-refractivity contribution in [3.63, 3.8) is 0 Å². The van der Waals surface area contributed by atoms with Gasteiger partial charge in [-0.05, 0) is 38.1 Å². The van der Waals surface area contributed by atoms with Crippen LogP contribution in [0, 0.1) is 13.8 Å². The molecule has 122 valence electrons. The summed E-state index contributed by atoms with van der Waals surface area (Å²) >= 11 is 0. The van der Waals surface area contributed by atoms with Gasteiger partial charge in [-0.15, -0.1) is 0 Å². The molecule has 2 aromatic carbocycles. The molecule has 0 unspecified atom stereocenters. The van der Waals surface area contributed by atoms with Crippen LogP contribution in [0.4, 0.5) is 0 Å². The smallest absolute Gasteiger partial charge is 0.381 e. The minimum absolute atomic E-state index is 0.103. The zero-order valence-electron chi connectivity index (χ0n) is 13.1. The van der Waals surface area contributed by atoms with Crippen LogP contribution in [0.15, 0.2) is 48.5 Å². The molecular weight excluding hydrogens is 312 g/mol. The predicted octanol–water partition coefficient (Wildman–Crippen LogP) is 2.37. The Labute approximate surface area is 138 Å². The van der Waals surface area contributed by atoms with Crippen molar-refractivity contribution in [1.29, 1.82) is 0 Å². The van der Waals surface area contributed by atoms with E-state index < -0.39 is 23.9 Å². The van der Waals surface area contributed by atoms with Crippen molar-refractivity contribution < 1.29 is 28.7 Å². The van der Waals surface area contributed by atoms with Gasteiger partial charge in [-0.25, -0.2) is 19.2 Å². The Morgan fingerprint density at radius 2 is 0.875 bits per heavy atom. The molecule has 0 saturated carbocycles. The summed E-state index contributed by atoms with van der Waals surface area (Å²) in [6.45, 7) is 3.66. The van der Waals surface area contributed by atoms with E-state index in [0.29, 0.717) is 0 Å². The average Bonchev–Trinajstić information content (AvgIpc) is 2.55. The summed E-state index contributed by atoms with van der Waals surface area (Å²) in [5.74, 6) is -5.11. The van der Waals surface area contributed by atoms with Crippen LogP contribution in [0.2, 0.25) is 0 Å². The Balaban J connectivity index is 1.95. The maximum atomic E-state index is 11.7. The van der Waals surface area contributed by atoms with Crippen molar-refractivity contribution in [2.45, 2.75) is 13.8 Å². The van der Waals surface area contributed by atoms with Crippen molar-refractivity contribution in [3.8, 4) is 0 Å². The highest BCUT2D eigenvalue weighted by Gasteiger charge is 2.25. The van der Waals surface area contributed by atoms with Crippen LogP contribution < -0.4 is 0 Å². The summed E-state index contributed by atoms with van der Waals surface area (Å²) in [4.78, 5) is 46.5. The number of hydrogen-bond acceptors (Lipinski definition) is 6. The normalized spacial score (nSPS) is 9.92. The average molecular weight is 326 g/mol. The van der Waals surface area contributed by atoms with Gasteiger partial charge in [-0.1, -0.05) is 35.4 Å². The molecule has 6 heteroatoms. The van der Waals surface area contributed by atoms with Crippen molar-refractivity contribution in [2.24, 2.45) is 0 Å². The summed E-state index contributed by atoms with van der Waals surface area (Å²) < 4.78 is 8.78. The summed E-state index contributed by atoms with van der Waals surface area (Å²) in [7, 11) is 0. The van der Waals surface area contributed by atoms with Gasteiger partial charge in [0.1, 0.15) is 0 Å². The first-order valence-corrected chi connectivity index (χ1v) is 7.03. The molecule has 0 saturated heterocycles. The Hall–Kier alpha value is -3.28. The molecule has 0 radical (unpaired) electrons. The van der Waals surface area contributed by atoms with Gasteiger partial charge in [0.05, 0.1) is 11.1 Å². The van der Waals surface area contributed by atoms with E-state index in [4.69, 9.17) is 0 Å². The van der Waals surface area contributed by atoms with Crippen molar-refractivity contribution >= 4 is 23.9 Å². The van der Waals surface area contributed by atoms with Crippen molar-refractivity contribution in [3.05, 3.63) is 70.8 Å². The molecular formula is C18H14O6. The van der Waals surface area contributed by atoms with Crippen molar-refractivity contribution in [1.82, 2.24) is 0 Å². The first kappa shape index (κ1) is 17.1. The third kappa shape index (κ3) is 4.36. The van der Waals surface area contributed by atoms with E-state index >= 15 is 0 Å². The third-order valence-electron chi connectivity index (χ3n) is 3.11. The lowest BCUT2D eigenvalue weighted by Crippen LogP contribution is -2.26. The summed E-state index contributed by atoms with van der Waals surface area (Å²) in [5.41, 5.74) is 2.04. The van der Waals surface area contributed by atoms with Crippen LogP contribution in [0.25, 0.3) is 0 Å². The van der Waals surface area contributed by atoms with Crippen LogP contribution in [0.5, 0.6) is 0 Å². The lowest BCUT2D eigenvalue weighted by atomic mass is 10.1. The molecule has 0 atom stereocenters. The van der Waals surface area contributed by atoms with Crippen molar-refractivity contribution in [2.75, 3.05) is 0 Å². The van der Waals surface area contributed by atoms with Crippen LogP contribution in [0.3, 0.4) is 0 Å². The highest BCUT2D eigenvalue weighted by atomic mass is 16.6. The molecule has 0 aromatic heterocycles. The molecule has 0 aliphatic rings. The Kier molecular flexibility index (Phi) is 5.21. The molecule has 2 aromatic rings. The molecule has 0 aliphatic carbocycles. The maximum Gasteiger partial charge on any atom is 0.425 e. The quantitative estimate of drug-likeness (QED) is 0.478. The van der Waals surface area contributed by atoms with E-state index in [1.807, 2.05) is 13.8 Å². The second-order valence-corrected chi connectivity index (χ2v) is 5.09. The summed E-state index contributed by atoms with van der Waals surface area (Å²) in [6, 6.07) is 12.4. The Morgan fingerprint density at radius 3 is 1.17 bits per heavy atom. The van der Waals surface area contributed by atoms with E-state index in [2.05, 4.69) is 9.47 Å². The van der Waals surface area contributed by atoms with Crippen LogP contribution in [-0.4, -0.2) is 23.9 Å². The second-order valence-electron chi connectivity index (χ2n) is 5.09. The topological polar surface area (TPSA) is 86.7 Å². The third-order valence-corrected chi connectivity index (χ3v) is 3.11. The monoisotopic (exact) mass is 326 g/mol. The zero-order valence-corrected chi connectivity index (χ0v) is 13.1. The van der Waals surface area contributed by atoms with Gasteiger partial charge in [0.15, 0.2) is 0 Å². The van der Waals surface area contributed by atoms with Gasteiger partial charge in [0.25, 0.3) is 0 Å². The Morgan fingerprint density at radius 1 is 0.583 bits per heavy atom. The number of ether oxygens (including phenoxy) is 2. The van der Waals surface area contributed by atoms with E-state index in [1.54, 1.807) is 24.3 Å². The summed E-state index contributed by atoms with van der Waals surface area (Å²) in [6.07, 6.45) is 0. The van der Waals surface area contributed by atoms with Gasteiger partial charge >= 0.3 is 23.9 Å². The van der Waals surface area contributed by atoms with E-state index in [0.717, 1.165) is 11.1 Å². The van der Waals surface area contributed by atoms with Crippen LogP contribution >= 0.6 is 0 Å². The number of rotatable bonds is 2. The number of carbonyl (C=O) groups is 4. The van der Waals surface area contributed by atoms with Gasteiger partial charge in [-0.3, -0.25) is 0 Å². The molecule has 6 nitrogen and oxygen atoms in total. The molecule has 0 spiro atoms. The number of esters is 4. The maximum absolute atomic E-state index is 11.7. The highest BCUT2D eigenvalue weighted by Crippen LogP contribution is 2.07. The second kappa shape index (κ2) is 7.32. The fourth-order valence-electron chi connectivity index (χ4n) is 1.75. The minimum atomic E-state index is -1.55. The van der Waals surface area contributed by atoms with Crippen LogP contribution in [-0.2, 0) is 19.1 Å². The van der Waals surface area contributed by atoms with Gasteiger partial charge in [0, 0.05) is 0 Å². The molecule has 0 aliphatic heterocycles.